The molecular weight excluding hydrogens is 222 g/mol. The highest BCUT2D eigenvalue weighted by Crippen LogP contribution is 2.10. The van der Waals surface area contributed by atoms with Crippen LogP contribution < -0.4 is 5.32 Å². The molecule has 1 aromatic carbocycles. The lowest BCUT2D eigenvalue weighted by Crippen LogP contribution is -2.28. The Bertz CT molecular complexity index is 436. The van der Waals surface area contributed by atoms with Crippen LogP contribution in [0.3, 0.4) is 0 Å². The fourth-order valence-electron chi connectivity index (χ4n) is 1.19. The number of ether oxygens (including phenoxy) is 1. The molecule has 0 aliphatic heterocycles. The first-order valence-corrected chi connectivity index (χ1v) is 4.88. The smallest absolute Gasteiger partial charge is 0.353 e. The lowest BCUT2D eigenvalue weighted by Gasteiger charge is -2.06. The van der Waals surface area contributed by atoms with E-state index >= 15 is 0 Å². The van der Waals surface area contributed by atoms with Gasteiger partial charge in [-0.05, 0) is 17.7 Å². The van der Waals surface area contributed by atoms with Crippen molar-refractivity contribution in [3.8, 4) is 5.75 Å². The van der Waals surface area contributed by atoms with Crippen molar-refractivity contribution < 1.29 is 19.4 Å². The number of rotatable bonds is 4. The fraction of sp³-hybridized carbons (Fsp3) is 0.167. The highest BCUT2D eigenvalue weighted by Gasteiger charge is 2.10. The van der Waals surface area contributed by atoms with Gasteiger partial charge in [0.25, 0.3) is 0 Å². The van der Waals surface area contributed by atoms with Gasteiger partial charge in [0.2, 0.25) is 5.91 Å². The molecule has 2 N–H and O–H groups in total. The second kappa shape index (κ2) is 5.69. The second-order valence-electron chi connectivity index (χ2n) is 3.36. The molecule has 90 valence electrons. The first-order valence-electron chi connectivity index (χ1n) is 4.88. The van der Waals surface area contributed by atoms with E-state index in [9.17, 15) is 9.59 Å². The molecule has 0 bridgehead atoms. The molecule has 1 amide bonds. The van der Waals surface area contributed by atoms with Gasteiger partial charge < -0.3 is 15.2 Å². The van der Waals surface area contributed by atoms with Crippen molar-refractivity contribution in [1.29, 1.82) is 0 Å². The number of methoxy groups -OCH3 is 1. The van der Waals surface area contributed by atoms with E-state index in [2.05, 4.69) is 16.6 Å². The zero-order chi connectivity index (χ0) is 12.8. The molecular formula is C12H13NO4. The minimum absolute atomic E-state index is 0.0935. The summed E-state index contributed by atoms with van der Waals surface area (Å²) in [6, 6.07) is 6.21. The van der Waals surface area contributed by atoms with Crippen LogP contribution in [0, 0.1) is 0 Å². The van der Waals surface area contributed by atoms with Gasteiger partial charge in [0, 0.05) is 0 Å². The maximum atomic E-state index is 11.5. The lowest BCUT2D eigenvalue weighted by atomic mass is 10.1. The van der Waals surface area contributed by atoms with Crippen molar-refractivity contribution in [2.75, 3.05) is 7.11 Å². The number of phenolic OH excluding ortho intramolecular Hbond substituents is 1. The number of amides is 1. The molecule has 0 aliphatic carbocycles. The van der Waals surface area contributed by atoms with Crippen LogP contribution in [0.25, 0.3) is 0 Å². The van der Waals surface area contributed by atoms with E-state index in [0.29, 0.717) is 0 Å². The number of carbonyl (C=O) groups is 2. The molecule has 17 heavy (non-hydrogen) atoms. The average molecular weight is 235 g/mol. The van der Waals surface area contributed by atoms with Crippen molar-refractivity contribution in [1.82, 2.24) is 5.32 Å². The Balaban J connectivity index is 2.53. The number of benzene rings is 1. The number of aromatic hydroxyl groups is 1. The van der Waals surface area contributed by atoms with E-state index in [4.69, 9.17) is 5.11 Å². The molecule has 1 rings (SSSR count). The third kappa shape index (κ3) is 3.98. The maximum Gasteiger partial charge on any atom is 0.353 e. The normalized spacial score (nSPS) is 9.47. The molecule has 0 fully saturated rings. The Hall–Kier alpha value is -2.30. The van der Waals surface area contributed by atoms with Crippen LogP contribution in [0.1, 0.15) is 5.56 Å². The molecule has 0 spiro atoms. The minimum atomic E-state index is -0.677. The summed E-state index contributed by atoms with van der Waals surface area (Å²) in [6.45, 7) is 3.37. The summed E-state index contributed by atoms with van der Waals surface area (Å²) in [5.41, 5.74) is 0.620. The Morgan fingerprint density at radius 3 is 2.47 bits per heavy atom. The molecule has 0 aliphatic rings. The molecule has 0 radical (unpaired) electrons. The van der Waals surface area contributed by atoms with Gasteiger partial charge in [-0.15, -0.1) is 0 Å². The summed E-state index contributed by atoms with van der Waals surface area (Å²) in [5, 5.41) is 11.4. The van der Waals surface area contributed by atoms with Gasteiger partial charge in [-0.2, -0.15) is 0 Å². The van der Waals surface area contributed by atoms with Crippen molar-refractivity contribution in [3.63, 3.8) is 0 Å². The van der Waals surface area contributed by atoms with Gasteiger partial charge in [0.05, 0.1) is 13.5 Å². The molecule has 0 aromatic heterocycles. The summed E-state index contributed by atoms with van der Waals surface area (Å²) >= 11 is 0. The number of hydrogen-bond acceptors (Lipinski definition) is 4. The Morgan fingerprint density at radius 1 is 1.35 bits per heavy atom. The maximum absolute atomic E-state index is 11.5. The van der Waals surface area contributed by atoms with Crippen LogP contribution in [0.5, 0.6) is 5.75 Å². The molecule has 0 atom stereocenters. The van der Waals surface area contributed by atoms with Gasteiger partial charge >= 0.3 is 5.97 Å². The van der Waals surface area contributed by atoms with Crippen molar-refractivity contribution in [2.24, 2.45) is 0 Å². The SMILES string of the molecule is C=C(NC(=O)Cc1ccc(O)cc1)C(=O)OC. The molecule has 0 heterocycles. The largest absolute Gasteiger partial charge is 0.508 e. The first kappa shape index (κ1) is 12.8. The number of nitrogens with one attached hydrogen (secondary N) is 1. The summed E-state index contributed by atoms with van der Waals surface area (Å²) in [5.74, 6) is -0.914. The molecule has 0 unspecified atom stereocenters. The van der Waals surface area contributed by atoms with Crippen LogP contribution in [0.15, 0.2) is 36.5 Å². The fourth-order valence-corrected chi connectivity index (χ4v) is 1.19. The van der Waals surface area contributed by atoms with E-state index in [-0.39, 0.29) is 23.8 Å². The predicted octanol–water partition coefficient (Wildman–Crippen LogP) is 0.738. The summed E-state index contributed by atoms with van der Waals surface area (Å²) in [4.78, 5) is 22.5. The second-order valence-corrected chi connectivity index (χ2v) is 3.36. The number of carbonyl (C=O) groups excluding carboxylic acids is 2. The van der Waals surface area contributed by atoms with Crippen molar-refractivity contribution in [2.45, 2.75) is 6.42 Å². The molecule has 5 nitrogen and oxygen atoms in total. The topological polar surface area (TPSA) is 75.6 Å². The van der Waals surface area contributed by atoms with E-state index < -0.39 is 5.97 Å². The average Bonchev–Trinajstić information content (AvgIpc) is 2.30. The molecule has 0 saturated heterocycles. The van der Waals surface area contributed by atoms with E-state index in [1.165, 1.54) is 19.2 Å². The van der Waals surface area contributed by atoms with Gasteiger partial charge in [-0.1, -0.05) is 18.7 Å². The van der Waals surface area contributed by atoms with Crippen LogP contribution in [-0.4, -0.2) is 24.1 Å². The number of phenols is 1. The van der Waals surface area contributed by atoms with Gasteiger partial charge in [0.15, 0.2) is 0 Å². The van der Waals surface area contributed by atoms with Gasteiger partial charge in [0.1, 0.15) is 11.4 Å². The standard InChI is InChI=1S/C12H13NO4/c1-8(12(16)17-2)13-11(15)7-9-3-5-10(14)6-4-9/h3-6,14H,1,7H2,2H3,(H,13,15). The minimum Gasteiger partial charge on any atom is -0.508 e. The zero-order valence-corrected chi connectivity index (χ0v) is 9.40. The predicted molar refractivity (Wildman–Crippen MR) is 61.1 cm³/mol. The van der Waals surface area contributed by atoms with Crippen molar-refractivity contribution in [3.05, 3.63) is 42.1 Å². The lowest BCUT2D eigenvalue weighted by molar-refractivity contribution is -0.137. The van der Waals surface area contributed by atoms with Crippen LogP contribution in [0.2, 0.25) is 0 Å². The van der Waals surface area contributed by atoms with Gasteiger partial charge in [-0.25, -0.2) is 4.79 Å². The monoisotopic (exact) mass is 235 g/mol. The van der Waals surface area contributed by atoms with E-state index in [1.807, 2.05) is 0 Å². The Kier molecular flexibility index (Phi) is 4.28. The van der Waals surface area contributed by atoms with Crippen molar-refractivity contribution >= 4 is 11.9 Å². The number of hydrogen-bond donors (Lipinski definition) is 2. The number of esters is 1. The quantitative estimate of drug-likeness (QED) is 0.596. The van der Waals surface area contributed by atoms with Crippen LogP contribution in [-0.2, 0) is 20.7 Å². The van der Waals surface area contributed by atoms with Crippen LogP contribution in [0.4, 0.5) is 0 Å². The van der Waals surface area contributed by atoms with Crippen LogP contribution >= 0.6 is 0 Å². The summed E-state index contributed by atoms with van der Waals surface area (Å²) < 4.78 is 4.39. The van der Waals surface area contributed by atoms with Gasteiger partial charge in [-0.3, -0.25) is 4.79 Å². The third-order valence-corrected chi connectivity index (χ3v) is 2.02. The Morgan fingerprint density at radius 2 is 1.94 bits per heavy atom. The highest BCUT2D eigenvalue weighted by molar-refractivity contribution is 5.93. The summed E-state index contributed by atoms with van der Waals surface area (Å²) in [7, 11) is 1.21. The molecule has 1 aromatic rings. The Labute approximate surface area is 98.7 Å². The summed E-state index contributed by atoms with van der Waals surface area (Å²) in [6.07, 6.45) is 0.0935. The van der Waals surface area contributed by atoms with E-state index in [0.717, 1.165) is 5.56 Å². The first-order chi connectivity index (χ1) is 8.02. The molecule has 0 saturated carbocycles. The van der Waals surface area contributed by atoms with E-state index in [1.54, 1.807) is 12.1 Å². The third-order valence-electron chi connectivity index (χ3n) is 2.02. The molecule has 5 heteroatoms. The zero-order valence-electron chi connectivity index (χ0n) is 9.40. The highest BCUT2D eigenvalue weighted by atomic mass is 16.5.